The van der Waals surface area contributed by atoms with Crippen molar-refractivity contribution in [1.82, 2.24) is 4.98 Å². The number of carbonyl (C=O) groups is 2. The van der Waals surface area contributed by atoms with E-state index < -0.39 is 28.5 Å². The number of carbonyl (C=O) groups excluding carboxylic acids is 2. The lowest BCUT2D eigenvalue weighted by atomic mass is 10.2. The van der Waals surface area contributed by atoms with Crippen molar-refractivity contribution in [2.24, 2.45) is 0 Å². The van der Waals surface area contributed by atoms with E-state index in [4.69, 9.17) is 16.3 Å². The zero-order valence-corrected chi connectivity index (χ0v) is 18.9. The molecule has 1 amide bonds. The maximum Gasteiger partial charge on any atom is 0.338 e. The highest BCUT2D eigenvalue weighted by Crippen LogP contribution is 2.23. The number of aromatic nitrogens is 1. The van der Waals surface area contributed by atoms with Crippen molar-refractivity contribution < 1.29 is 22.7 Å². The van der Waals surface area contributed by atoms with Crippen molar-refractivity contribution in [3.05, 3.63) is 83.0 Å². The predicted octanol–water partition coefficient (Wildman–Crippen LogP) is 3.66. The molecule has 0 saturated heterocycles. The van der Waals surface area contributed by atoms with Crippen LogP contribution < -0.4 is 9.62 Å². The van der Waals surface area contributed by atoms with Crippen molar-refractivity contribution in [3.63, 3.8) is 0 Å². The monoisotopic (exact) mass is 473 g/mol. The first-order valence-corrected chi connectivity index (χ1v) is 11.2. The van der Waals surface area contributed by atoms with Crippen LogP contribution in [0.25, 0.3) is 0 Å². The van der Waals surface area contributed by atoms with E-state index in [1.165, 1.54) is 43.6 Å². The summed E-state index contributed by atoms with van der Waals surface area (Å²) in [6, 6.07) is 15.5. The van der Waals surface area contributed by atoms with Gasteiger partial charge < -0.3 is 10.1 Å². The first-order chi connectivity index (χ1) is 15.2. The summed E-state index contributed by atoms with van der Waals surface area (Å²) in [6.07, 6.45) is 1.36. The number of rotatable bonds is 7. The summed E-state index contributed by atoms with van der Waals surface area (Å²) in [7, 11) is -2.48. The Morgan fingerprint density at radius 3 is 2.47 bits per heavy atom. The smallest absolute Gasteiger partial charge is 0.338 e. The van der Waals surface area contributed by atoms with Gasteiger partial charge in [-0.3, -0.25) is 9.10 Å². The van der Waals surface area contributed by atoms with Crippen molar-refractivity contribution >= 4 is 45.0 Å². The van der Waals surface area contributed by atoms with Crippen molar-refractivity contribution in [3.8, 4) is 0 Å². The largest absolute Gasteiger partial charge is 0.452 e. The SMILES string of the molecule is Cc1ccc(N(C)S(=O)(=O)c2cccc(C(=O)OCC(=O)Nc3ccc(Cl)cn3)c2)cc1. The van der Waals surface area contributed by atoms with Crippen LogP contribution in [-0.2, 0) is 19.6 Å². The van der Waals surface area contributed by atoms with E-state index in [1.54, 1.807) is 30.3 Å². The molecule has 3 rings (SSSR count). The fourth-order valence-electron chi connectivity index (χ4n) is 2.68. The van der Waals surface area contributed by atoms with Crippen molar-refractivity contribution in [1.29, 1.82) is 0 Å². The van der Waals surface area contributed by atoms with Gasteiger partial charge in [-0.1, -0.05) is 35.4 Å². The maximum absolute atomic E-state index is 13.0. The highest BCUT2D eigenvalue weighted by molar-refractivity contribution is 7.92. The lowest BCUT2D eigenvalue weighted by Gasteiger charge is -2.20. The van der Waals surface area contributed by atoms with Crippen LogP contribution in [0.2, 0.25) is 5.02 Å². The fraction of sp³-hybridized carbons (Fsp3) is 0.136. The number of nitrogens with one attached hydrogen (secondary N) is 1. The van der Waals surface area contributed by atoms with Crippen molar-refractivity contribution in [2.75, 3.05) is 23.3 Å². The zero-order chi connectivity index (χ0) is 23.3. The lowest BCUT2D eigenvalue weighted by Crippen LogP contribution is -2.27. The van der Waals surface area contributed by atoms with Crippen LogP contribution in [0.15, 0.2) is 71.8 Å². The first kappa shape index (κ1) is 23.2. The van der Waals surface area contributed by atoms with Gasteiger partial charge in [0.15, 0.2) is 6.61 Å². The Labute approximate surface area is 190 Å². The zero-order valence-electron chi connectivity index (χ0n) is 17.3. The molecule has 0 bridgehead atoms. The highest BCUT2D eigenvalue weighted by Gasteiger charge is 2.23. The number of halogens is 1. The van der Waals surface area contributed by atoms with E-state index in [0.29, 0.717) is 10.7 Å². The molecule has 166 valence electrons. The Bertz CT molecular complexity index is 1230. The molecule has 3 aromatic rings. The molecular formula is C22H20ClN3O5S. The molecule has 2 aromatic carbocycles. The number of ether oxygens (including phenoxy) is 1. The molecule has 0 unspecified atom stereocenters. The molecule has 0 fully saturated rings. The standard InChI is InChI=1S/C22H20ClN3O5S/c1-15-6-9-18(10-7-15)26(2)32(29,30)19-5-3-4-16(12-19)22(28)31-14-21(27)25-20-11-8-17(23)13-24-20/h3-13H,14H2,1-2H3,(H,24,25,27). The van der Waals surface area contributed by atoms with Crippen LogP contribution >= 0.6 is 11.6 Å². The van der Waals surface area contributed by atoms with Crippen LogP contribution in [-0.4, -0.2) is 38.9 Å². The van der Waals surface area contributed by atoms with Crippen LogP contribution in [0.3, 0.4) is 0 Å². The number of benzene rings is 2. The molecule has 8 nitrogen and oxygen atoms in total. The van der Waals surface area contributed by atoms with Crippen LogP contribution in [0.1, 0.15) is 15.9 Å². The van der Waals surface area contributed by atoms with E-state index in [2.05, 4.69) is 10.3 Å². The quantitative estimate of drug-likeness (QED) is 0.525. The average Bonchev–Trinajstić information content (AvgIpc) is 2.79. The Hall–Kier alpha value is -3.43. The maximum atomic E-state index is 13.0. The normalized spacial score (nSPS) is 11.0. The van der Waals surface area contributed by atoms with Crippen LogP contribution in [0.5, 0.6) is 0 Å². The number of esters is 1. The Balaban J connectivity index is 1.67. The number of pyridine rings is 1. The second-order valence-electron chi connectivity index (χ2n) is 6.82. The molecule has 0 aliphatic rings. The van der Waals surface area contributed by atoms with Gasteiger partial charge in [0.2, 0.25) is 0 Å². The number of hydrogen-bond donors (Lipinski definition) is 1. The first-order valence-electron chi connectivity index (χ1n) is 9.41. The number of aryl methyl sites for hydroxylation is 1. The van der Waals surface area contributed by atoms with Crippen LogP contribution in [0, 0.1) is 6.92 Å². The molecule has 0 atom stereocenters. The molecule has 0 radical (unpaired) electrons. The third kappa shape index (κ3) is 5.63. The summed E-state index contributed by atoms with van der Waals surface area (Å²) < 4.78 is 32.1. The number of anilines is 2. The number of amides is 1. The third-order valence-electron chi connectivity index (χ3n) is 4.45. The Kier molecular flexibility index (Phi) is 7.12. The molecule has 0 aliphatic heterocycles. The second kappa shape index (κ2) is 9.80. The Morgan fingerprint density at radius 2 is 1.81 bits per heavy atom. The highest BCUT2D eigenvalue weighted by atomic mass is 35.5. The minimum absolute atomic E-state index is 0.000740. The van der Waals surface area contributed by atoms with E-state index in [9.17, 15) is 18.0 Å². The minimum Gasteiger partial charge on any atom is -0.452 e. The van der Waals surface area contributed by atoms with E-state index in [0.717, 1.165) is 9.87 Å². The lowest BCUT2D eigenvalue weighted by molar-refractivity contribution is -0.119. The third-order valence-corrected chi connectivity index (χ3v) is 6.46. The molecule has 1 aromatic heterocycles. The van der Waals surface area contributed by atoms with E-state index in [1.807, 2.05) is 6.92 Å². The summed E-state index contributed by atoms with van der Waals surface area (Å²) in [5.41, 5.74) is 1.48. The molecule has 10 heteroatoms. The Morgan fingerprint density at radius 1 is 1.09 bits per heavy atom. The summed E-state index contributed by atoms with van der Waals surface area (Å²) in [5, 5.41) is 2.87. The molecule has 1 N–H and O–H groups in total. The molecule has 32 heavy (non-hydrogen) atoms. The molecule has 0 spiro atoms. The summed E-state index contributed by atoms with van der Waals surface area (Å²) in [6.45, 7) is 1.34. The van der Waals surface area contributed by atoms with Gasteiger partial charge in [0.1, 0.15) is 5.82 Å². The summed E-state index contributed by atoms with van der Waals surface area (Å²) in [5.74, 6) is -1.18. The summed E-state index contributed by atoms with van der Waals surface area (Å²) >= 11 is 5.73. The van der Waals surface area contributed by atoms with Crippen LogP contribution in [0.4, 0.5) is 11.5 Å². The predicted molar refractivity (Wildman–Crippen MR) is 121 cm³/mol. The van der Waals surface area contributed by atoms with Gasteiger partial charge in [0, 0.05) is 13.2 Å². The van der Waals surface area contributed by atoms with Gasteiger partial charge >= 0.3 is 5.97 Å². The molecule has 0 saturated carbocycles. The molecule has 0 aliphatic carbocycles. The fourth-order valence-corrected chi connectivity index (χ4v) is 4.03. The van der Waals surface area contributed by atoms with Gasteiger partial charge in [-0.2, -0.15) is 0 Å². The van der Waals surface area contributed by atoms with Gasteiger partial charge in [-0.05, 0) is 49.4 Å². The van der Waals surface area contributed by atoms with Gasteiger partial charge in [0.25, 0.3) is 15.9 Å². The molecular weight excluding hydrogens is 454 g/mol. The van der Waals surface area contributed by atoms with Gasteiger partial charge in [0.05, 0.1) is 21.2 Å². The van der Waals surface area contributed by atoms with Crippen molar-refractivity contribution in [2.45, 2.75) is 11.8 Å². The topological polar surface area (TPSA) is 106 Å². The minimum atomic E-state index is -3.91. The van der Waals surface area contributed by atoms with E-state index in [-0.39, 0.29) is 16.3 Å². The average molecular weight is 474 g/mol. The van der Waals surface area contributed by atoms with Gasteiger partial charge in [-0.25, -0.2) is 18.2 Å². The van der Waals surface area contributed by atoms with E-state index >= 15 is 0 Å². The summed E-state index contributed by atoms with van der Waals surface area (Å²) in [4.78, 5) is 28.2. The van der Waals surface area contributed by atoms with Gasteiger partial charge in [-0.15, -0.1) is 0 Å². The number of hydrogen-bond acceptors (Lipinski definition) is 6. The molecule has 1 heterocycles. The second-order valence-corrected chi connectivity index (χ2v) is 9.23. The number of sulfonamides is 1. The number of nitrogens with zero attached hydrogens (tertiary/aromatic N) is 2.